The fourth-order valence-corrected chi connectivity index (χ4v) is 8.31. The minimum absolute atomic E-state index is 0.627. The van der Waals surface area contributed by atoms with E-state index in [1.54, 1.807) is 0 Å². The van der Waals surface area contributed by atoms with E-state index in [1.807, 2.05) is 0 Å². The maximum Gasteiger partial charge on any atom is 0.140 e. The predicted molar refractivity (Wildman–Crippen MR) is 203 cm³/mol. The van der Waals surface area contributed by atoms with Crippen molar-refractivity contribution in [3.8, 4) is 11.1 Å². The number of nitrogens with zero attached hydrogens (tertiary/aromatic N) is 1. The Kier molecular flexibility index (Phi) is 6.13. The zero-order chi connectivity index (χ0) is 32.4. The molecule has 10 rings (SSSR count). The van der Waals surface area contributed by atoms with Crippen molar-refractivity contribution in [2.45, 2.75) is 5.41 Å². The molecule has 0 atom stereocenters. The third-order valence-corrected chi connectivity index (χ3v) is 10.3. The summed E-state index contributed by atoms with van der Waals surface area (Å²) in [5.41, 5.74) is 11.8. The molecule has 49 heavy (non-hydrogen) atoms. The van der Waals surface area contributed by atoms with Gasteiger partial charge in [0.2, 0.25) is 0 Å². The van der Waals surface area contributed by atoms with Crippen LogP contribution in [0, 0.1) is 0 Å². The number of hydrogen-bond donors (Lipinski definition) is 0. The number of furan rings is 1. The minimum atomic E-state index is -0.627. The lowest BCUT2D eigenvalue weighted by atomic mass is 9.67. The van der Waals surface area contributed by atoms with Crippen LogP contribution in [0.3, 0.4) is 0 Å². The molecule has 1 aliphatic carbocycles. The molecule has 2 heteroatoms. The van der Waals surface area contributed by atoms with Crippen LogP contribution in [-0.4, -0.2) is 0 Å². The molecule has 1 heterocycles. The second-order valence-corrected chi connectivity index (χ2v) is 12.8. The second-order valence-electron chi connectivity index (χ2n) is 12.8. The Balaban J connectivity index is 1.39. The van der Waals surface area contributed by atoms with Crippen molar-refractivity contribution < 1.29 is 4.42 Å². The Morgan fingerprint density at radius 1 is 0.408 bits per heavy atom. The maximum absolute atomic E-state index is 6.97. The summed E-state index contributed by atoms with van der Waals surface area (Å²) in [5, 5.41) is 4.60. The fourth-order valence-electron chi connectivity index (χ4n) is 8.31. The van der Waals surface area contributed by atoms with Crippen LogP contribution in [0.5, 0.6) is 0 Å². The zero-order valence-corrected chi connectivity index (χ0v) is 26.8. The highest BCUT2D eigenvalue weighted by molar-refractivity contribution is 6.10. The van der Waals surface area contributed by atoms with Crippen molar-refractivity contribution in [1.82, 2.24) is 0 Å². The van der Waals surface area contributed by atoms with Gasteiger partial charge < -0.3 is 9.32 Å². The largest absolute Gasteiger partial charge is 0.456 e. The summed E-state index contributed by atoms with van der Waals surface area (Å²) in [5.74, 6) is 0. The van der Waals surface area contributed by atoms with Gasteiger partial charge in [0.15, 0.2) is 0 Å². The van der Waals surface area contributed by atoms with Gasteiger partial charge in [0.05, 0.1) is 11.1 Å². The van der Waals surface area contributed by atoms with E-state index in [1.165, 1.54) is 38.6 Å². The van der Waals surface area contributed by atoms with E-state index < -0.39 is 5.41 Å². The van der Waals surface area contributed by atoms with Gasteiger partial charge in [-0.15, -0.1) is 0 Å². The first kappa shape index (κ1) is 27.7. The van der Waals surface area contributed by atoms with Gasteiger partial charge in [-0.3, -0.25) is 0 Å². The number of rotatable bonds is 5. The van der Waals surface area contributed by atoms with Crippen LogP contribution >= 0.6 is 0 Å². The van der Waals surface area contributed by atoms with Gasteiger partial charge in [0.1, 0.15) is 11.2 Å². The first-order valence-corrected chi connectivity index (χ1v) is 16.9. The smallest absolute Gasteiger partial charge is 0.140 e. The Hall–Kier alpha value is -6.38. The normalized spacial score (nSPS) is 13.1. The van der Waals surface area contributed by atoms with Crippen LogP contribution in [-0.2, 0) is 5.41 Å². The van der Waals surface area contributed by atoms with Crippen molar-refractivity contribution in [1.29, 1.82) is 0 Å². The average molecular weight is 626 g/mol. The molecular weight excluding hydrogens is 595 g/mol. The zero-order valence-electron chi connectivity index (χ0n) is 26.8. The van der Waals surface area contributed by atoms with E-state index in [0.29, 0.717) is 0 Å². The molecule has 230 valence electrons. The maximum atomic E-state index is 6.97. The standard InChI is InChI=1S/C47H31NO/c1-3-18-33(19-4-1)47(41-26-12-9-23-37(41)38-24-10-13-27-42(38)47)43-31-35(30-40-39-25-11-14-29-45(39)49-46(40)43)48(34-20-5-2-6-21-34)44-28-15-17-32-16-7-8-22-36(32)44/h1-31H. The van der Waals surface area contributed by atoms with Gasteiger partial charge in [0.25, 0.3) is 0 Å². The van der Waals surface area contributed by atoms with Crippen LogP contribution in [0.25, 0.3) is 43.8 Å². The van der Waals surface area contributed by atoms with Gasteiger partial charge in [-0.05, 0) is 69.6 Å². The summed E-state index contributed by atoms with van der Waals surface area (Å²) < 4.78 is 6.97. The molecule has 2 nitrogen and oxygen atoms in total. The SMILES string of the molecule is c1ccc(N(c2cc(C3(c4ccccc4)c4ccccc4-c4ccccc43)c3oc4ccccc4c3c2)c2cccc3ccccc23)cc1. The second kappa shape index (κ2) is 10.8. The van der Waals surface area contributed by atoms with E-state index in [2.05, 4.69) is 193 Å². The molecule has 0 N–H and O–H groups in total. The number of benzene rings is 8. The number of para-hydroxylation sites is 2. The molecule has 9 aromatic rings. The van der Waals surface area contributed by atoms with E-state index in [0.717, 1.165) is 44.6 Å². The quantitative estimate of drug-likeness (QED) is 0.189. The topological polar surface area (TPSA) is 16.4 Å². The lowest BCUT2D eigenvalue weighted by molar-refractivity contribution is 0.648. The fraction of sp³-hybridized carbons (Fsp3) is 0.0213. The van der Waals surface area contributed by atoms with Crippen LogP contribution in [0.4, 0.5) is 17.1 Å². The molecule has 0 radical (unpaired) electrons. The van der Waals surface area contributed by atoms with Gasteiger partial charge in [-0.2, -0.15) is 0 Å². The van der Waals surface area contributed by atoms with Crippen molar-refractivity contribution in [2.24, 2.45) is 0 Å². The minimum Gasteiger partial charge on any atom is -0.456 e. The summed E-state index contributed by atoms with van der Waals surface area (Å²) in [7, 11) is 0. The summed E-state index contributed by atoms with van der Waals surface area (Å²) in [6.45, 7) is 0. The number of anilines is 3. The Labute approximate surface area is 285 Å². The van der Waals surface area contributed by atoms with E-state index in [4.69, 9.17) is 4.42 Å². The van der Waals surface area contributed by atoms with Crippen LogP contribution in [0.15, 0.2) is 192 Å². The van der Waals surface area contributed by atoms with Crippen LogP contribution < -0.4 is 4.90 Å². The van der Waals surface area contributed by atoms with Crippen molar-refractivity contribution in [3.63, 3.8) is 0 Å². The molecular formula is C47H31NO. The highest BCUT2D eigenvalue weighted by Crippen LogP contribution is 2.58. The first-order valence-electron chi connectivity index (χ1n) is 16.9. The Morgan fingerprint density at radius 3 is 1.76 bits per heavy atom. The molecule has 0 bridgehead atoms. The Bertz CT molecular complexity index is 2620. The predicted octanol–water partition coefficient (Wildman–Crippen LogP) is 12.6. The summed E-state index contributed by atoms with van der Waals surface area (Å²) >= 11 is 0. The average Bonchev–Trinajstić information content (AvgIpc) is 3.70. The summed E-state index contributed by atoms with van der Waals surface area (Å²) in [4.78, 5) is 2.42. The molecule has 1 aromatic heterocycles. The van der Waals surface area contributed by atoms with E-state index in [-0.39, 0.29) is 0 Å². The molecule has 0 spiro atoms. The molecule has 0 saturated heterocycles. The van der Waals surface area contributed by atoms with Gasteiger partial charge in [0, 0.05) is 33.1 Å². The molecule has 0 saturated carbocycles. The lowest BCUT2D eigenvalue weighted by Crippen LogP contribution is -2.29. The monoisotopic (exact) mass is 625 g/mol. The Morgan fingerprint density at radius 2 is 1.00 bits per heavy atom. The molecule has 0 unspecified atom stereocenters. The molecule has 8 aromatic carbocycles. The van der Waals surface area contributed by atoms with Gasteiger partial charge in [-0.1, -0.05) is 152 Å². The number of fused-ring (bicyclic) bond motifs is 7. The van der Waals surface area contributed by atoms with Gasteiger partial charge >= 0.3 is 0 Å². The summed E-state index contributed by atoms with van der Waals surface area (Å²) in [6, 6.07) is 67.9. The molecule has 0 fully saturated rings. The first-order chi connectivity index (χ1) is 24.3. The highest BCUT2D eigenvalue weighted by Gasteiger charge is 2.48. The van der Waals surface area contributed by atoms with Crippen molar-refractivity contribution in [3.05, 3.63) is 210 Å². The third-order valence-electron chi connectivity index (χ3n) is 10.3. The molecule has 1 aliphatic rings. The lowest BCUT2D eigenvalue weighted by Gasteiger charge is -2.35. The third kappa shape index (κ3) is 4.01. The van der Waals surface area contributed by atoms with E-state index in [9.17, 15) is 0 Å². The van der Waals surface area contributed by atoms with Crippen molar-refractivity contribution in [2.75, 3.05) is 4.90 Å². The molecule has 0 aliphatic heterocycles. The molecule has 0 amide bonds. The number of hydrogen-bond acceptors (Lipinski definition) is 2. The van der Waals surface area contributed by atoms with Crippen LogP contribution in [0.1, 0.15) is 22.3 Å². The van der Waals surface area contributed by atoms with E-state index >= 15 is 0 Å². The summed E-state index contributed by atoms with van der Waals surface area (Å²) in [6.07, 6.45) is 0. The highest BCUT2D eigenvalue weighted by atomic mass is 16.3. The van der Waals surface area contributed by atoms with Gasteiger partial charge in [-0.25, -0.2) is 0 Å². The van der Waals surface area contributed by atoms with Crippen LogP contribution in [0.2, 0.25) is 0 Å². The van der Waals surface area contributed by atoms with Crippen molar-refractivity contribution >= 4 is 49.8 Å².